The predicted octanol–water partition coefficient (Wildman–Crippen LogP) is 8.14. The van der Waals surface area contributed by atoms with E-state index in [1.165, 1.54) is 25.7 Å². The Kier molecular flexibility index (Phi) is 30.7. The monoisotopic (exact) mass is 774 g/mol. The third-order valence-corrected chi connectivity index (χ3v) is 8.80. The molecule has 11 heteroatoms. The van der Waals surface area contributed by atoms with Crippen LogP contribution in [0.1, 0.15) is 136 Å². The molecule has 1 aliphatic rings. The standard InChI is InChI=1S/C44H70O11/c1-3-5-7-9-11-13-15-17-18-19-21-23-25-27-29-31-33-38(46)54-36(35-53-44-41(49)39(47)40(48)42(55-44)43(50)51)34-52-37(45)32-30-28-26-24-22-20-16-14-12-10-8-6-4-2/h6,8,12-15,18-20,22,26,28,36,39-42,44,47-49H,3-5,7,9-11,16-17,21,23-25,27,29-35H2,1-2H3,(H,50,51)/b8-6-,14-12-,15-13-,19-18-,22-20-,28-26-. The highest BCUT2D eigenvalue weighted by atomic mass is 16.7. The molecule has 0 aromatic carbocycles. The Labute approximate surface area is 329 Å². The van der Waals surface area contributed by atoms with Crippen LogP contribution in [0.3, 0.4) is 0 Å². The molecule has 11 nitrogen and oxygen atoms in total. The van der Waals surface area contributed by atoms with E-state index in [0.29, 0.717) is 12.8 Å². The summed E-state index contributed by atoms with van der Waals surface area (Å²) >= 11 is 0. The highest BCUT2D eigenvalue weighted by Gasteiger charge is 2.47. The molecule has 312 valence electrons. The van der Waals surface area contributed by atoms with E-state index < -0.39 is 61.3 Å². The fourth-order valence-corrected chi connectivity index (χ4v) is 5.57. The summed E-state index contributed by atoms with van der Waals surface area (Å²) in [5.74, 6) is -2.58. The predicted molar refractivity (Wildman–Crippen MR) is 215 cm³/mol. The summed E-state index contributed by atoms with van der Waals surface area (Å²) in [6.07, 6.45) is 32.6. The first-order chi connectivity index (χ1) is 26.7. The van der Waals surface area contributed by atoms with Crippen molar-refractivity contribution in [2.75, 3.05) is 13.2 Å². The molecular weight excluding hydrogens is 704 g/mol. The van der Waals surface area contributed by atoms with Gasteiger partial charge in [0.2, 0.25) is 0 Å². The Morgan fingerprint density at radius 1 is 0.582 bits per heavy atom. The van der Waals surface area contributed by atoms with E-state index in [-0.39, 0.29) is 19.4 Å². The number of aliphatic hydroxyl groups excluding tert-OH is 3. The molecule has 0 aromatic rings. The van der Waals surface area contributed by atoms with Gasteiger partial charge in [-0.25, -0.2) is 4.79 Å². The molecule has 1 aliphatic heterocycles. The summed E-state index contributed by atoms with van der Waals surface area (Å²) in [4.78, 5) is 36.7. The summed E-state index contributed by atoms with van der Waals surface area (Å²) in [6, 6.07) is 0. The lowest BCUT2D eigenvalue weighted by Gasteiger charge is -2.38. The Morgan fingerprint density at radius 2 is 1.11 bits per heavy atom. The van der Waals surface area contributed by atoms with Gasteiger partial charge in [0.1, 0.15) is 24.9 Å². The largest absolute Gasteiger partial charge is 0.479 e. The summed E-state index contributed by atoms with van der Waals surface area (Å²) in [5, 5.41) is 39.7. The number of aliphatic carboxylic acids is 1. The minimum atomic E-state index is -1.87. The number of carboxylic acids is 1. The molecule has 4 N–H and O–H groups in total. The van der Waals surface area contributed by atoms with Crippen molar-refractivity contribution < 1.29 is 53.8 Å². The fraction of sp³-hybridized carbons (Fsp3) is 0.659. The molecule has 1 fully saturated rings. The van der Waals surface area contributed by atoms with Crippen LogP contribution in [0.15, 0.2) is 72.9 Å². The lowest BCUT2D eigenvalue weighted by molar-refractivity contribution is -0.298. The van der Waals surface area contributed by atoms with Crippen molar-refractivity contribution in [2.24, 2.45) is 0 Å². The quantitative estimate of drug-likeness (QED) is 0.0296. The van der Waals surface area contributed by atoms with Crippen LogP contribution in [-0.4, -0.2) is 88.4 Å². The average molecular weight is 775 g/mol. The number of carbonyl (C=O) groups is 3. The SMILES string of the molecule is CC/C=C\C/C=C\C/C=C\C/C=C\CCC(=O)OCC(COC1OC(C(=O)O)C(O)C(O)C1O)OC(=O)CCCCCCC/C=C\C/C=C\CCCCCC. The Hall–Kier alpha value is -3.35. The van der Waals surface area contributed by atoms with Crippen LogP contribution in [0.25, 0.3) is 0 Å². The van der Waals surface area contributed by atoms with Gasteiger partial charge in [-0.15, -0.1) is 0 Å². The van der Waals surface area contributed by atoms with Crippen molar-refractivity contribution in [1.82, 2.24) is 0 Å². The lowest BCUT2D eigenvalue weighted by Crippen LogP contribution is -2.60. The molecule has 6 unspecified atom stereocenters. The first-order valence-electron chi connectivity index (χ1n) is 20.5. The number of unbranched alkanes of at least 4 members (excludes halogenated alkanes) is 9. The van der Waals surface area contributed by atoms with Crippen LogP contribution in [0.4, 0.5) is 0 Å². The molecule has 0 aliphatic carbocycles. The number of ether oxygens (including phenoxy) is 4. The van der Waals surface area contributed by atoms with Crippen molar-refractivity contribution in [3.05, 3.63) is 72.9 Å². The molecule has 0 spiro atoms. The first-order valence-corrected chi connectivity index (χ1v) is 20.5. The van der Waals surface area contributed by atoms with Crippen molar-refractivity contribution in [3.8, 4) is 0 Å². The van der Waals surface area contributed by atoms with Gasteiger partial charge in [0.05, 0.1) is 6.61 Å². The second-order valence-electron chi connectivity index (χ2n) is 13.7. The van der Waals surface area contributed by atoms with Crippen LogP contribution in [0.2, 0.25) is 0 Å². The third-order valence-electron chi connectivity index (χ3n) is 8.80. The zero-order valence-electron chi connectivity index (χ0n) is 33.4. The van der Waals surface area contributed by atoms with E-state index in [4.69, 9.17) is 18.9 Å². The number of carbonyl (C=O) groups excluding carboxylic acids is 2. The van der Waals surface area contributed by atoms with E-state index in [9.17, 15) is 34.8 Å². The van der Waals surface area contributed by atoms with E-state index in [1.807, 2.05) is 12.2 Å². The minimum absolute atomic E-state index is 0.108. The highest BCUT2D eigenvalue weighted by molar-refractivity contribution is 5.73. The lowest BCUT2D eigenvalue weighted by atomic mass is 9.99. The maximum absolute atomic E-state index is 12.7. The number of carboxylic acid groups (broad SMARTS) is 1. The zero-order chi connectivity index (χ0) is 40.4. The van der Waals surface area contributed by atoms with Crippen LogP contribution in [-0.2, 0) is 33.3 Å². The third kappa shape index (κ3) is 26.2. The number of hydrogen-bond donors (Lipinski definition) is 4. The number of hydrogen-bond acceptors (Lipinski definition) is 10. The first kappa shape index (κ1) is 49.7. The van der Waals surface area contributed by atoms with Crippen LogP contribution >= 0.6 is 0 Å². The fourth-order valence-electron chi connectivity index (χ4n) is 5.57. The molecule has 6 atom stereocenters. The van der Waals surface area contributed by atoms with E-state index in [2.05, 4.69) is 74.6 Å². The molecule has 55 heavy (non-hydrogen) atoms. The molecule has 0 radical (unpaired) electrons. The van der Waals surface area contributed by atoms with E-state index in [1.54, 1.807) is 0 Å². The van der Waals surface area contributed by atoms with Gasteiger partial charge in [0, 0.05) is 12.8 Å². The van der Waals surface area contributed by atoms with E-state index in [0.717, 1.165) is 70.6 Å². The second kappa shape index (κ2) is 33.9. The molecule has 0 bridgehead atoms. The molecule has 1 saturated heterocycles. The number of allylic oxidation sites excluding steroid dienone is 12. The normalized spacial score (nSPS) is 21.2. The maximum Gasteiger partial charge on any atom is 0.335 e. The van der Waals surface area contributed by atoms with Gasteiger partial charge < -0.3 is 39.4 Å². The molecule has 1 heterocycles. The summed E-state index contributed by atoms with van der Waals surface area (Å²) < 4.78 is 21.6. The van der Waals surface area contributed by atoms with Crippen LogP contribution in [0.5, 0.6) is 0 Å². The Balaban J connectivity index is 2.48. The van der Waals surface area contributed by atoms with Crippen LogP contribution in [0, 0.1) is 0 Å². The molecule has 0 saturated carbocycles. The smallest absolute Gasteiger partial charge is 0.335 e. The summed E-state index contributed by atoms with van der Waals surface area (Å²) in [5.41, 5.74) is 0. The second-order valence-corrected chi connectivity index (χ2v) is 13.7. The average Bonchev–Trinajstić information content (AvgIpc) is 3.17. The van der Waals surface area contributed by atoms with Crippen molar-refractivity contribution >= 4 is 17.9 Å². The zero-order valence-corrected chi connectivity index (χ0v) is 33.4. The number of esters is 2. The van der Waals surface area contributed by atoms with Crippen molar-refractivity contribution in [1.29, 1.82) is 0 Å². The molecular formula is C44H70O11. The van der Waals surface area contributed by atoms with Gasteiger partial charge in [-0.05, 0) is 70.6 Å². The number of rotatable bonds is 32. The van der Waals surface area contributed by atoms with Crippen LogP contribution < -0.4 is 0 Å². The van der Waals surface area contributed by atoms with Gasteiger partial charge in [0.15, 0.2) is 18.5 Å². The minimum Gasteiger partial charge on any atom is -0.479 e. The summed E-state index contributed by atoms with van der Waals surface area (Å²) in [7, 11) is 0. The van der Waals surface area contributed by atoms with Crippen molar-refractivity contribution in [2.45, 2.75) is 173 Å². The molecule has 1 rings (SSSR count). The topological polar surface area (TPSA) is 169 Å². The Bertz CT molecular complexity index is 1190. The Morgan fingerprint density at radius 3 is 1.69 bits per heavy atom. The van der Waals surface area contributed by atoms with Crippen molar-refractivity contribution in [3.63, 3.8) is 0 Å². The number of aliphatic hydroxyl groups is 3. The van der Waals surface area contributed by atoms with Gasteiger partial charge in [-0.2, -0.15) is 0 Å². The maximum atomic E-state index is 12.7. The highest BCUT2D eigenvalue weighted by Crippen LogP contribution is 2.23. The van der Waals surface area contributed by atoms with Gasteiger partial charge in [0.25, 0.3) is 0 Å². The van der Waals surface area contributed by atoms with E-state index >= 15 is 0 Å². The van der Waals surface area contributed by atoms with Gasteiger partial charge in [-0.1, -0.05) is 125 Å². The molecule has 0 amide bonds. The summed E-state index contributed by atoms with van der Waals surface area (Å²) in [6.45, 7) is 3.57. The molecule has 0 aromatic heterocycles. The van der Waals surface area contributed by atoms with Gasteiger partial charge in [-0.3, -0.25) is 9.59 Å². The van der Waals surface area contributed by atoms with Gasteiger partial charge >= 0.3 is 17.9 Å².